The molecule has 2 N–H and O–H groups in total. The molecule has 0 aliphatic heterocycles. The molecule has 14 heavy (non-hydrogen) atoms. The van der Waals surface area contributed by atoms with Gasteiger partial charge in [-0.25, -0.2) is 9.78 Å². The molecule has 0 aromatic carbocycles. The summed E-state index contributed by atoms with van der Waals surface area (Å²) in [6, 6.07) is 3.22. The Morgan fingerprint density at radius 1 is 1.57 bits per heavy atom. The molecule has 2 rings (SSSR count). The largest absolute Gasteiger partial charge is 0.421 e. The van der Waals surface area contributed by atoms with Gasteiger partial charge >= 0.3 is 12.0 Å². The standard InChI is InChI=1S/C8H8N4O2/c1-9-7(13)12-8-11-6-5(14-8)3-2-4-10-6/h2-4H,1H3,(H2,9,10,11,12,13). The second-order valence-corrected chi connectivity index (χ2v) is 2.55. The van der Waals surface area contributed by atoms with Gasteiger partial charge in [0.25, 0.3) is 0 Å². The van der Waals surface area contributed by atoms with Crippen molar-refractivity contribution >= 4 is 23.3 Å². The molecule has 0 radical (unpaired) electrons. The Labute approximate surface area is 79.3 Å². The minimum absolute atomic E-state index is 0.137. The molecule has 72 valence electrons. The molecule has 2 aromatic heterocycles. The zero-order valence-electron chi connectivity index (χ0n) is 7.44. The first-order chi connectivity index (χ1) is 6.79. The monoisotopic (exact) mass is 192 g/mol. The maximum Gasteiger partial charge on any atom is 0.322 e. The highest BCUT2D eigenvalue weighted by atomic mass is 16.4. The molecule has 0 fully saturated rings. The minimum Gasteiger partial charge on any atom is -0.421 e. The molecular weight excluding hydrogens is 184 g/mol. The average molecular weight is 192 g/mol. The Kier molecular flexibility index (Phi) is 2.02. The van der Waals surface area contributed by atoms with E-state index in [1.807, 2.05) is 0 Å². The van der Waals surface area contributed by atoms with Crippen molar-refractivity contribution in [2.45, 2.75) is 0 Å². The van der Waals surface area contributed by atoms with Crippen LogP contribution in [0.2, 0.25) is 0 Å². The summed E-state index contributed by atoms with van der Waals surface area (Å²) < 4.78 is 5.19. The Balaban J connectivity index is 2.31. The smallest absolute Gasteiger partial charge is 0.322 e. The van der Waals surface area contributed by atoms with Crippen molar-refractivity contribution in [3.63, 3.8) is 0 Å². The lowest BCUT2D eigenvalue weighted by Crippen LogP contribution is -2.24. The normalized spacial score (nSPS) is 10.1. The third-order valence-electron chi connectivity index (χ3n) is 1.61. The third kappa shape index (κ3) is 1.49. The minimum atomic E-state index is -0.378. The van der Waals surface area contributed by atoms with Crippen LogP contribution in [0.25, 0.3) is 11.2 Å². The van der Waals surface area contributed by atoms with E-state index in [-0.39, 0.29) is 12.0 Å². The lowest BCUT2D eigenvalue weighted by atomic mass is 10.5. The van der Waals surface area contributed by atoms with Crippen LogP contribution >= 0.6 is 0 Å². The van der Waals surface area contributed by atoms with Gasteiger partial charge in [-0.05, 0) is 12.1 Å². The van der Waals surface area contributed by atoms with E-state index in [4.69, 9.17) is 4.42 Å². The van der Waals surface area contributed by atoms with E-state index in [0.29, 0.717) is 11.2 Å². The summed E-state index contributed by atoms with van der Waals surface area (Å²) in [6.07, 6.45) is 1.61. The predicted molar refractivity (Wildman–Crippen MR) is 49.9 cm³/mol. The van der Waals surface area contributed by atoms with Gasteiger partial charge in [0.2, 0.25) is 5.65 Å². The van der Waals surface area contributed by atoms with Gasteiger partial charge in [0, 0.05) is 13.2 Å². The number of hydrogen-bond donors (Lipinski definition) is 2. The van der Waals surface area contributed by atoms with Crippen LogP contribution in [0.5, 0.6) is 0 Å². The van der Waals surface area contributed by atoms with Crippen molar-refractivity contribution in [1.29, 1.82) is 0 Å². The zero-order valence-corrected chi connectivity index (χ0v) is 7.44. The first-order valence-electron chi connectivity index (χ1n) is 4.00. The highest BCUT2D eigenvalue weighted by Crippen LogP contribution is 2.15. The summed E-state index contributed by atoms with van der Waals surface area (Å²) in [5, 5.41) is 4.80. The maximum absolute atomic E-state index is 10.9. The van der Waals surface area contributed by atoms with Crippen LogP contribution in [0.4, 0.5) is 10.8 Å². The van der Waals surface area contributed by atoms with E-state index in [2.05, 4.69) is 20.6 Å². The zero-order chi connectivity index (χ0) is 9.97. The first-order valence-corrected chi connectivity index (χ1v) is 4.00. The predicted octanol–water partition coefficient (Wildman–Crippen LogP) is 0.974. The van der Waals surface area contributed by atoms with E-state index in [1.54, 1.807) is 18.3 Å². The number of aromatic nitrogens is 2. The molecule has 6 heteroatoms. The molecule has 2 aromatic rings. The molecule has 2 heterocycles. The number of pyridine rings is 1. The van der Waals surface area contributed by atoms with E-state index < -0.39 is 0 Å². The molecule has 0 aliphatic rings. The third-order valence-corrected chi connectivity index (χ3v) is 1.61. The van der Waals surface area contributed by atoms with Gasteiger partial charge < -0.3 is 9.73 Å². The number of amides is 2. The summed E-state index contributed by atoms with van der Waals surface area (Å²) in [5.41, 5.74) is 1.01. The molecule has 0 spiro atoms. The van der Waals surface area contributed by atoms with Gasteiger partial charge in [0.05, 0.1) is 0 Å². The molecule has 0 aliphatic carbocycles. The van der Waals surface area contributed by atoms with Crippen LogP contribution in [0, 0.1) is 0 Å². The van der Waals surface area contributed by atoms with E-state index >= 15 is 0 Å². The van der Waals surface area contributed by atoms with Crippen LogP contribution in [0.1, 0.15) is 0 Å². The van der Waals surface area contributed by atoms with Crippen molar-refractivity contribution in [2.24, 2.45) is 0 Å². The van der Waals surface area contributed by atoms with Crippen molar-refractivity contribution < 1.29 is 9.21 Å². The number of carbonyl (C=O) groups is 1. The average Bonchev–Trinajstić information content (AvgIpc) is 2.59. The number of carbonyl (C=O) groups excluding carboxylic acids is 1. The fraction of sp³-hybridized carbons (Fsp3) is 0.125. The van der Waals surface area contributed by atoms with E-state index in [1.165, 1.54) is 7.05 Å². The second-order valence-electron chi connectivity index (χ2n) is 2.55. The Bertz CT molecular complexity index is 432. The summed E-state index contributed by atoms with van der Waals surface area (Å²) in [7, 11) is 1.51. The molecule has 0 unspecified atom stereocenters. The van der Waals surface area contributed by atoms with Gasteiger partial charge in [0.15, 0.2) is 5.58 Å². The Morgan fingerprint density at radius 3 is 3.14 bits per heavy atom. The van der Waals surface area contributed by atoms with Crippen LogP contribution in [-0.4, -0.2) is 23.0 Å². The molecule has 0 saturated carbocycles. The fourth-order valence-electron chi connectivity index (χ4n) is 0.982. The molecule has 0 atom stereocenters. The summed E-state index contributed by atoms with van der Waals surface area (Å²) >= 11 is 0. The summed E-state index contributed by atoms with van der Waals surface area (Å²) in [6.45, 7) is 0. The Morgan fingerprint density at radius 2 is 2.43 bits per heavy atom. The second kappa shape index (κ2) is 3.33. The lowest BCUT2D eigenvalue weighted by Gasteiger charge is -1.96. The number of hydrogen-bond acceptors (Lipinski definition) is 4. The van der Waals surface area contributed by atoms with Gasteiger partial charge in [-0.15, -0.1) is 0 Å². The molecule has 0 bridgehead atoms. The van der Waals surface area contributed by atoms with Crippen LogP contribution in [0.3, 0.4) is 0 Å². The topological polar surface area (TPSA) is 80.0 Å². The highest BCUT2D eigenvalue weighted by molar-refractivity contribution is 5.87. The number of anilines is 1. The number of rotatable bonds is 1. The molecular formula is C8H8N4O2. The van der Waals surface area contributed by atoms with Gasteiger partial charge in [-0.3, -0.25) is 5.32 Å². The maximum atomic E-state index is 10.9. The molecule has 0 saturated heterocycles. The van der Waals surface area contributed by atoms with Crippen LogP contribution in [0.15, 0.2) is 22.7 Å². The summed E-state index contributed by atoms with van der Waals surface area (Å²) in [4.78, 5) is 18.8. The van der Waals surface area contributed by atoms with Gasteiger partial charge in [0.1, 0.15) is 0 Å². The quantitative estimate of drug-likeness (QED) is 0.705. The summed E-state index contributed by atoms with van der Waals surface area (Å²) in [5.74, 6) is 0. The highest BCUT2D eigenvalue weighted by Gasteiger charge is 2.07. The Hall–Kier alpha value is -2.11. The van der Waals surface area contributed by atoms with Crippen LogP contribution in [-0.2, 0) is 0 Å². The molecule has 2 amide bonds. The number of nitrogens with zero attached hydrogens (tertiary/aromatic N) is 2. The number of nitrogens with one attached hydrogen (secondary N) is 2. The SMILES string of the molecule is CNC(=O)Nc1nc2ncccc2o1. The fourth-order valence-corrected chi connectivity index (χ4v) is 0.982. The number of urea groups is 1. The van der Waals surface area contributed by atoms with E-state index in [9.17, 15) is 4.79 Å². The molecule has 6 nitrogen and oxygen atoms in total. The van der Waals surface area contributed by atoms with Gasteiger partial charge in [-0.2, -0.15) is 4.98 Å². The van der Waals surface area contributed by atoms with E-state index in [0.717, 1.165) is 0 Å². The first kappa shape index (κ1) is 8.49. The van der Waals surface area contributed by atoms with Crippen molar-refractivity contribution in [1.82, 2.24) is 15.3 Å². The van der Waals surface area contributed by atoms with Crippen molar-refractivity contribution in [2.75, 3.05) is 12.4 Å². The van der Waals surface area contributed by atoms with Crippen molar-refractivity contribution in [3.8, 4) is 0 Å². The van der Waals surface area contributed by atoms with Crippen LogP contribution < -0.4 is 10.6 Å². The number of oxazole rings is 1. The number of fused-ring (bicyclic) bond motifs is 1. The lowest BCUT2D eigenvalue weighted by molar-refractivity contribution is 0.253. The van der Waals surface area contributed by atoms with Crippen molar-refractivity contribution in [3.05, 3.63) is 18.3 Å². The van der Waals surface area contributed by atoms with Gasteiger partial charge in [-0.1, -0.05) is 0 Å².